The lowest BCUT2D eigenvalue weighted by Gasteiger charge is -2.47. The molecule has 0 fully saturated rings. The molecule has 3 rings (SSSR count). The Labute approximate surface area is 142 Å². The Morgan fingerprint density at radius 3 is 1.65 bits per heavy atom. The molecule has 0 N–H and O–H groups in total. The van der Waals surface area contributed by atoms with E-state index in [4.69, 9.17) is 0 Å². The second-order valence-corrected chi connectivity index (χ2v) is 12.5. The second kappa shape index (κ2) is 6.49. The molecule has 0 saturated heterocycles. The van der Waals surface area contributed by atoms with Gasteiger partial charge in [-0.05, 0) is 41.1 Å². The first-order valence-corrected chi connectivity index (χ1v) is 10.9. The molecule has 1 heteroatoms. The first-order valence-electron chi connectivity index (χ1n) is 8.87. The van der Waals surface area contributed by atoms with Crippen LogP contribution in [-0.4, -0.2) is 8.07 Å². The van der Waals surface area contributed by atoms with Crippen LogP contribution in [0.3, 0.4) is 0 Å². The Bertz CT molecular complexity index is 623. The standard InChI is InChI=1S/C22H28Si/c1-22(2,3)23(19-13-7-4-8-14-19,20-15-9-5-10-16-20)21-17-11-6-12-18-21/h4-5,7-10,13-17H,6,11-12,18H2,1-3H3. The van der Waals surface area contributed by atoms with E-state index in [0.29, 0.717) is 0 Å². The van der Waals surface area contributed by atoms with Crippen LogP contribution in [0.15, 0.2) is 71.9 Å². The quantitative estimate of drug-likeness (QED) is 0.691. The normalized spacial score (nSPS) is 16.0. The Hall–Kier alpha value is -1.60. The average Bonchev–Trinajstić information content (AvgIpc) is 2.57. The van der Waals surface area contributed by atoms with Crippen LogP contribution in [0, 0.1) is 0 Å². The predicted molar refractivity (Wildman–Crippen MR) is 104 cm³/mol. The van der Waals surface area contributed by atoms with E-state index in [9.17, 15) is 0 Å². The van der Waals surface area contributed by atoms with Gasteiger partial charge in [0.05, 0.1) is 0 Å². The Balaban J connectivity index is 2.33. The van der Waals surface area contributed by atoms with Crippen LogP contribution in [0.5, 0.6) is 0 Å². The molecular weight excluding hydrogens is 292 g/mol. The molecule has 0 nitrogen and oxygen atoms in total. The number of hydrogen-bond acceptors (Lipinski definition) is 0. The molecule has 0 atom stereocenters. The number of rotatable bonds is 3. The summed E-state index contributed by atoms with van der Waals surface area (Å²) >= 11 is 0. The van der Waals surface area contributed by atoms with E-state index in [0.717, 1.165) is 0 Å². The molecule has 120 valence electrons. The summed E-state index contributed by atoms with van der Waals surface area (Å²) in [5, 5.41) is 5.12. The van der Waals surface area contributed by atoms with Crippen LogP contribution >= 0.6 is 0 Å². The fraction of sp³-hybridized carbons (Fsp3) is 0.364. The zero-order chi connectivity index (χ0) is 16.3. The van der Waals surface area contributed by atoms with Crippen molar-refractivity contribution in [3.8, 4) is 0 Å². The molecule has 0 radical (unpaired) electrons. The molecule has 0 unspecified atom stereocenters. The van der Waals surface area contributed by atoms with Gasteiger partial charge >= 0.3 is 0 Å². The fourth-order valence-corrected chi connectivity index (χ4v) is 10.6. The summed E-state index contributed by atoms with van der Waals surface area (Å²) in [7, 11) is -1.99. The van der Waals surface area contributed by atoms with Gasteiger partial charge in [0, 0.05) is 0 Å². The van der Waals surface area contributed by atoms with E-state index < -0.39 is 8.07 Å². The third-order valence-electron chi connectivity index (χ3n) is 5.31. The van der Waals surface area contributed by atoms with Gasteiger partial charge in [-0.3, -0.25) is 0 Å². The Morgan fingerprint density at radius 2 is 1.26 bits per heavy atom. The van der Waals surface area contributed by atoms with E-state index >= 15 is 0 Å². The Morgan fingerprint density at radius 1 is 0.739 bits per heavy atom. The van der Waals surface area contributed by atoms with Gasteiger partial charge in [0.2, 0.25) is 0 Å². The molecule has 0 saturated carbocycles. The smallest absolute Gasteiger partial charge is 0.0885 e. The predicted octanol–water partition coefficient (Wildman–Crippen LogP) is 5.09. The second-order valence-electron chi connectivity index (χ2n) is 7.71. The third kappa shape index (κ3) is 2.83. The van der Waals surface area contributed by atoms with Crippen molar-refractivity contribution in [1.82, 2.24) is 0 Å². The van der Waals surface area contributed by atoms with Crippen LogP contribution in [0.1, 0.15) is 46.5 Å². The highest BCUT2D eigenvalue weighted by Crippen LogP contribution is 2.43. The molecule has 0 bridgehead atoms. The fourth-order valence-electron chi connectivity index (χ4n) is 4.44. The van der Waals surface area contributed by atoms with Crippen LogP contribution in [0.2, 0.25) is 5.04 Å². The first kappa shape index (κ1) is 16.3. The van der Waals surface area contributed by atoms with Crippen molar-refractivity contribution < 1.29 is 0 Å². The number of hydrogen-bond donors (Lipinski definition) is 0. The van der Waals surface area contributed by atoms with Gasteiger partial charge in [-0.15, -0.1) is 0 Å². The summed E-state index contributed by atoms with van der Waals surface area (Å²) in [5.41, 5.74) is 0. The monoisotopic (exact) mass is 320 g/mol. The molecule has 0 aliphatic heterocycles. The molecule has 0 spiro atoms. The molecule has 0 heterocycles. The minimum atomic E-state index is -1.99. The van der Waals surface area contributed by atoms with Gasteiger partial charge in [-0.1, -0.05) is 92.7 Å². The van der Waals surface area contributed by atoms with Crippen molar-refractivity contribution in [2.45, 2.75) is 51.5 Å². The Kier molecular flexibility index (Phi) is 4.59. The summed E-state index contributed by atoms with van der Waals surface area (Å²) in [6, 6.07) is 22.7. The van der Waals surface area contributed by atoms with Crippen LogP contribution in [0.4, 0.5) is 0 Å². The zero-order valence-electron chi connectivity index (χ0n) is 14.7. The van der Waals surface area contributed by atoms with Crippen LogP contribution in [0.25, 0.3) is 0 Å². The van der Waals surface area contributed by atoms with Gasteiger partial charge in [0.15, 0.2) is 0 Å². The molecule has 0 amide bonds. The van der Waals surface area contributed by atoms with Gasteiger partial charge in [0.1, 0.15) is 8.07 Å². The average molecular weight is 321 g/mol. The molecular formula is C22H28Si. The summed E-state index contributed by atoms with van der Waals surface area (Å²) in [5.74, 6) is 0. The van der Waals surface area contributed by atoms with E-state index in [1.807, 2.05) is 0 Å². The topological polar surface area (TPSA) is 0 Å². The summed E-state index contributed by atoms with van der Waals surface area (Å²) in [6.07, 6.45) is 7.80. The van der Waals surface area contributed by atoms with Crippen molar-refractivity contribution in [1.29, 1.82) is 0 Å². The highest BCUT2D eigenvalue weighted by Gasteiger charge is 2.50. The molecule has 2 aromatic rings. The summed E-state index contributed by atoms with van der Waals surface area (Å²) in [4.78, 5) is 0. The molecule has 1 aliphatic carbocycles. The molecule has 1 aliphatic rings. The van der Waals surface area contributed by atoms with Crippen molar-refractivity contribution in [3.63, 3.8) is 0 Å². The maximum atomic E-state index is 2.58. The molecule has 23 heavy (non-hydrogen) atoms. The van der Waals surface area contributed by atoms with E-state index in [2.05, 4.69) is 87.5 Å². The van der Waals surface area contributed by atoms with Gasteiger partial charge in [-0.25, -0.2) is 0 Å². The van der Waals surface area contributed by atoms with Gasteiger partial charge in [0.25, 0.3) is 0 Å². The van der Waals surface area contributed by atoms with E-state index in [1.54, 1.807) is 15.6 Å². The van der Waals surface area contributed by atoms with E-state index in [-0.39, 0.29) is 5.04 Å². The molecule has 2 aromatic carbocycles. The van der Waals surface area contributed by atoms with Crippen molar-refractivity contribution in [3.05, 3.63) is 71.9 Å². The van der Waals surface area contributed by atoms with E-state index in [1.165, 1.54) is 25.7 Å². The number of benzene rings is 2. The lowest BCUT2D eigenvalue weighted by Crippen LogP contribution is -2.66. The van der Waals surface area contributed by atoms with Crippen molar-refractivity contribution in [2.75, 3.05) is 0 Å². The summed E-state index contributed by atoms with van der Waals surface area (Å²) < 4.78 is 0. The minimum absolute atomic E-state index is 0.249. The first-order chi connectivity index (χ1) is 11.1. The number of allylic oxidation sites excluding steroid dienone is 2. The highest BCUT2D eigenvalue weighted by molar-refractivity contribution is 7.09. The van der Waals surface area contributed by atoms with Gasteiger partial charge < -0.3 is 0 Å². The lowest BCUT2D eigenvalue weighted by atomic mass is 10.1. The lowest BCUT2D eigenvalue weighted by molar-refractivity contribution is 0.692. The SMILES string of the molecule is CC(C)(C)[Si](C1=CCCCC1)(c1ccccc1)c1ccccc1. The van der Waals surface area contributed by atoms with Crippen molar-refractivity contribution in [2.24, 2.45) is 0 Å². The highest BCUT2D eigenvalue weighted by atomic mass is 28.3. The van der Waals surface area contributed by atoms with Gasteiger partial charge in [-0.2, -0.15) is 0 Å². The maximum Gasteiger partial charge on any atom is 0.149 e. The van der Waals surface area contributed by atoms with Crippen LogP contribution < -0.4 is 10.4 Å². The maximum absolute atomic E-state index is 2.58. The molecule has 0 aromatic heterocycles. The zero-order valence-corrected chi connectivity index (χ0v) is 15.7. The minimum Gasteiger partial charge on any atom is -0.0885 e. The summed E-state index contributed by atoms with van der Waals surface area (Å²) in [6.45, 7) is 7.36. The largest absolute Gasteiger partial charge is 0.149 e. The van der Waals surface area contributed by atoms with Crippen LogP contribution in [-0.2, 0) is 0 Å². The third-order valence-corrected chi connectivity index (χ3v) is 11.4. The van der Waals surface area contributed by atoms with Crippen molar-refractivity contribution >= 4 is 18.4 Å².